The molecule has 1 aliphatic heterocycles. The van der Waals surface area contributed by atoms with Crippen molar-refractivity contribution in [2.75, 3.05) is 33.1 Å². The number of aliphatic imine (C=N–C) groups is 1. The first kappa shape index (κ1) is 19.1. The van der Waals surface area contributed by atoms with Gasteiger partial charge in [-0.25, -0.2) is 0 Å². The number of rotatable bonds is 5. The second-order valence-electron chi connectivity index (χ2n) is 5.45. The molecule has 1 heterocycles. The maximum absolute atomic E-state index is 5.32. The maximum Gasteiger partial charge on any atom is 0.191 e. The van der Waals surface area contributed by atoms with Gasteiger partial charge >= 0.3 is 0 Å². The van der Waals surface area contributed by atoms with Gasteiger partial charge in [0.05, 0.1) is 13.2 Å². The minimum atomic E-state index is 0. The van der Waals surface area contributed by atoms with E-state index in [9.17, 15) is 0 Å². The Morgan fingerprint density at radius 1 is 1.48 bits per heavy atom. The van der Waals surface area contributed by atoms with Gasteiger partial charge in [0.25, 0.3) is 0 Å². The molecule has 2 unspecified atom stereocenters. The summed E-state index contributed by atoms with van der Waals surface area (Å²) in [5.74, 6) is 0.949. The van der Waals surface area contributed by atoms with Gasteiger partial charge in [-0.1, -0.05) is 11.6 Å². The highest BCUT2D eigenvalue weighted by molar-refractivity contribution is 14.0. The highest BCUT2D eigenvalue weighted by atomic mass is 127. The van der Waals surface area contributed by atoms with E-state index in [0.717, 1.165) is 43.8 Å². The average Bonchev–Trinajstić information content (AvgIpc) is 2.95. The van der Waals surface area contributed by atoms with Crippen molar-refractivity contribution in [3.63, 3.8) is 0 Å². The zero-order chi connectivity index (χ0) is 14.2. The molecule has 0 amide bonds. The lowest BCUT2D eigenvalue weighted by atomic mass is 10.1. The Hall–Kier alpha value is 0.0500. The molecular formula is C15H28IN3OS. The first-order valence-electron chi connectivity index (χ1n) is 7.57. The van der Waals surface area contributed by atoms with Crippen LogP contribution < -0.4 is 10.6 Å². The number of nitrogens with zero attached hydrogens (tertiary/aromatic N) is 1. The highest BCUT2D eigenvalue weighted by Crippen LogP contribution is 2.27. The van der Waals surface area contributed by atoms with Crippen molar-refractivity contribution in [2.45, 2.75) is 43.4 Å². The third kappa shape index (κ3) is 6.78. The molecule has 1 fully saturated rings. The smallest absolute Gasteiger partial charge is 0.191 e. The number of ether oxygens (including phenoxy) is 1. The van der Waals surface area contributed by atoms with Crippen LogP contribution in [0.4, 0.5) is 0 Å². The van der Waals surface area contributed by atoms with E-state index in [1.165, 1.54) is 24.8 Å². The summed E-state index contributed by atoms with van der Waals surface area (Å²) < 4.78 is 5.32. The van der Waals surface area contributed by atoms with Gasteiger partial charge in [-0.05, 0) is 38.4 Å². The van der Waals surface area contributed by atoms with Gasteiger partial charge in [0.15, 0.2) is 5.96 Å². The van der Waals surface area contributed by atoms with Crippen molar-refractivity contribution in [2.24, 2.45) is 4.99 Å². The Balaban J connectivity index is 0.00000220. The van der Waals surface area contributed by atoms with Gasteiger partial charge < -0.3 is 15.4 Å². The first-order chi connectivity index (χ1) is 9.81. The summed E-state index contributed by atoms with van der Waals surface area (Å²) in [7, 11) is 1.85. The van der Waals surface area contributed by atoms with Crippen molar-refractivity contribution >= 4 is 41.7 Å². The molecule has 2 N–H and O–H groups in total. The third-order valence-corrected chi connectivity index (χ3v) is 5.17. The van der Waals surface area contributed by atoms with Crippen molar-refractivity contribution in [3.8, 4) is 0 Å². The predicted octanol–water partition coefficient (Wildman–Crippen LogP) is 2.79. The van der Waals surface area contributed by atoms with Gasteiger partial charge in [0, 0.05) is 24.9 Å². The van der Waals surface area contributed by atoms with E-state index >= 15 is 0 Å². The standard InChI is InChI=1S/C15H27N3OS.HI/c1-16-15(18-13-3-4-14(11-13)20-2)17-8-5-12-6-9-19-10-7-12;/h6,13-14H,3-5,7-11H2,1-2H3,(H2,16,17,18);1H. The van der Waals surface area contributed by atoms with Crippen LogP contribution in [0.15, 0.2) is 16.6 Å². The fourth-order valence-corrected chi connectivity index (χ4v) is 3.60. The van der Waals surface area contributed by atoms with Crippen LogP contribution in [0.2, 0.25) is 0 Å². The number of nitrogens with one attached hydrogen (secondary N) is 2. The van der Waals surface area contributed by atoms with Crippen LogP contribution in [0.3, 0.4) is 0 Å². The number of halogens is 1. The topological polar surface area (TPSA) is 45.7 Å². The highest BCUT2D eigenvalue weighted by Gasteiger charge is 2.24. The number of guanidine groups is 1. The molecule has 0 bridgehead atoms. The molecule has 0 spiro atoms. The molecule has 2 rings (SSSR count). The predicted molar refractivity (Wildman–Crippen MR) is 103 cm³/mol. The Morgan fingerprint density at radius 3 is 2.95 bits per heavy atom. The zero-order valence-electron chi connectivity index (χ0n) is 13.1. The number of hydrogen-bond acceptors (Lipinski definition) is 3. The fourth-order valence-electron chi connectivity index (χ4n) is 2.81. The summed E-state index contributed by atoms with van der Waals surface area (Å²) in [5.41, 5.74) is 1.50. The van der Waals surface area contributed by atoms with Gasteiger partial charge in [-0.2, -0.15) is 11.8 Å². The van der Waals surface area contributed by atoms with E-state index < -0.39 is 0 Å². The molecule has 0 aromatic carbocycles. The average molecular weight is 425 g/mol. The molecule has 0 saturated heterocycles. The van der Waals surface area contributed by atoms with E-state index in [2.05, 4.69) is 28.0 Å². The lowest BCUT2D eigenvalue weighted by Gasteiger charge is -2.18. The largest absolute Gasteiger partial charge is 0.377 e. The molecule has 1 saturated carbocycles. The summed E-state index contributed by atoms with van der Waals surface area (Å²) in [6.45, 7) is 2.60. The van der Waals surface area contributed by atoms with Crippen molar-refractivity contribution in [1.82, 2.24) is 10.6 Å². The summed E-state index contributed by atoms with van der Waals surface area (Å²) in [6.07, 6.45) is 10.4. The molecule has 0 aromatic heterocycles. The molecule has 6 heteroatoms. The van der Waals surface area contributed by atoms with Gasteiger partial charge in [-0.3, -0.25) is 4.99 Å². The van der Waals surface area contributed by atoms with Crippen LogP contribution in [0.1, 0.15) is 32.1 Å². The van der Waals surface area contributed by atoms with E-state index in [4.69, 9.17) is 4.74 Å². The van der Waals surface area contributed by atoms with Crippen molar-refractivity contribution < 1.29 is 4.74 Å². The zero-order valence-corrected chi connectivity index (χ0v) is 16.2. The summed E-state index contributed by atoms with van der Waals surface area (Å²) in [5, 5.41) is 7.79. The number of hydrogen-bond donors (Lipinski definition) is 2. The molecule has 21 heavy (non-hydrogen) atoms. The third-order valence-electron chi connectivity index (χ3n) is 4.08. The van der Waals surface area contributed by atoms with Crippen LogP contribution in [0, 0.1) is 0 Å². The van der Waals surface area contributed by atoms with Gasteiger partial charge in [0.2, 0.25) is 0 Å². The summed E-state index contributed by atoms with van der Waals surface area (Å²) in [4.78, 5) is 4.33. The van der Waals surface area contributed by atoms with E-state index in [-0.39, 0.29) is 24.0 Å². The van der Waals surface area contributed by atoms with Gasteiger partial charge in [-0.15, -0.1) is 24.0 Å². The van der Waals surface area contributed by atoms with Crippen molar-refractivity contribution in [3.05, 3.63) is 11.6 Å². The minimum Gasteiger partial charge on any atom is -0.377 e. The molecule has 2 atom stereocenters. The minimum absolute atomic E-state index is 0. The normalized spacial score (nSPS) is 26.0. The first-order valence-corrected chi connectivity index (χ1v) is 8.86. The Labute approximate surface area is 150 Å². The lowest BCUT2D eigenvalue weighted by molar-refractivity contribution is 0.153. The molecule has 0 aromatic rings. The van der Waals surface area contributed by atoms with E-state index in [1.54, 1.807) is 0 Å². The summed E-state index contributed by atoms with van der Waals surface area (Å²) in [6, 6.07) is 0.584. The van der Waals surface area contributed by atoms with Crippen molar-refractivity contribution in [1.29, 1.82) is 0 Å². The van der Waals surface area contributed by atoms with E-state index in [0.29, 0.717) is 6.04 Å². The van der Waals surface area contributed by atoms with E-state index in [1.807, 2.05) is 18.8 Å². The molecule has 2 aliphatic rings. The van der Waals surface area contributed by atoms with Crippen LogP contribution >= 0.6 is 35.7 Å². The molecule has 0 radical (unpaired) electrons. The number of thioether (sulfide) groups is 1. The molecule has 1 aliphatic carbocycles. The van der Waals surface area contributed by atoms with Gasteiger partial charge in [0.1, 0.15) is 0 Å². The quantitative estimate of drug-likeness (QED) is 0.308. The van der Waals surface area contributed by atoms with Crippen LogP contribution in [0.25, 0.3) is 0 Å². The molecule has 4 nitrogen and oxygen atoms in total. The SMILES string of the molecule is CN=C(NCCC1=CCOCC1)NC1CCC(SC)C1.I. The van der Waals surface area contributed by atoms with Crippen LogP contribution in [-0.2, 0) is 4.74 Å². The second kappa shape index (κ2) is 10.7. The monoisotopic (exact) mass is 425 g/mol. The maximum atomic E-state index is 5.32. The second-order valence-corrected chi connectivity index (χ2v) is 6.59. The molecule has 122 valence electrons. The Bertz CT molecular complexity index is 363. The fraction of sp³-hybridized carbons (Fsp3) is 0.800. The summed E-state index contributed by atoms with van der Waals surface area (Å²) >= 11 is 1.99. The molecular weight excluding hydrogens is 397 g/mol. The van der Waals surface area contributed by atoms with Crippen LogP contribution in [-0.4, -0.2) is 50.3 Å². The van der Waals surface area contributed by atoms with Crippen LogP contribution in [0.5, 0.6) is 0 Å². The Kier molecular flexibility index (Phi) is 9.75. The Morgan fingerprint density at radius 2 is 2.33 bits per heavy atom. The lowest BCUT2D eigenvalue weighted by Crippen LogP contribution is -2.43.